The summed E-state index contributed by atoms with van der Waals surface area (Å²) in [5, 5.41) is 0. The number of benzene rings is 3. The molecule has 0 bridgehead atoms. The van der Waals surface area contributed by atoms with Crippen LogP contribution in [0.1, 0.15) is 35.6 Å². The van der Waals surface area contributed by atoms with Crippen LogP contribution in [-0.2, 0) is 19.4 Å². The maximum absolute atomic E-state index is 5.96. The lowest BCUT2D eigenvalue weighted by Crippen LogP contribution is -1.98. The Kier molecular flexibility index (Phi) is 5.85. The van der Waals surface area contributed by atoms with E-state index in [1.807, 2.05) is 36.4 Å². The molecule has 0 aliphatic rings. The molecule has 0 unspecified atom stereocenters. The summed E-state index contributed by atoms with van der Waals surface area (Å²) in [7, 11) is 0. The molecule has 5 rings (SSSR count). The van der Waals surface area contributed by atoms with Gasteiger partial charge in [-0.1, -0.05) is 36.4 Å². The van der Waals surface area contributed by atoms with Crippen LogP contribution in [0.4, 0.5) is 0 Å². The van der Waals surface area contributed by atoms with Gasteiger partial charge in [-0.15, -0.1) is 0 Å². The number of imidazole rings is 2. The molecule has 6 heteroatoms. The van der Waals surface area contributed by atoms with Gasteiger partial charge in [-0.2, -0.15) is 0 Å². The Balaban J connectivity index is 1.19. The van der Waals surface area contributed by atoms with Gasteiger partial charge in [-0.05, 0) is 54.7 Å². The van der Waals surface area contributed by atoms with E-state index in [0.717, 1.165) is 64.3 Å². The molecule has 3 aromatic carbocycles. The molecule has 2 heterocycles. The molecule has 0 fully saturated rings. The Bertz CT molecular complexity index is 1320. The van der Waals surface area contributed by atoms with E-state index in [0.29, 0.717) is 19.6 Å². The van der Waals surface area contributed by atoms with Gasteiger partial charge in [0.05, 0.1) is 35.1 Å². The van der Waals surface area contributed by atoms with E-state index >= 15 is 0 Å². The van der Waals surface area contributed by atoms with Crippen molar-refractivity contribution in [3.8, 4) is 5.75 Å². The largest absolute Gasteiger partial charge is 0.494 e. The van der Waals surface area contributed by atoms with E-state index in [-0.39, 0.29) is 0 Å². The van der Waals surface area contributed by atoms with Gasteiger partial charge in [0.15, 0.2) is 0 Å². The van der Waals surface area contributed by atoms with Crippen LogP contribution in [0.25, 0.3) is 22.1 Å². The summed E-state index contributed by atoms with van der Waals surface area (Å²) in [4.78, 5) is 16.2. The summed E-state index contributed by atoms with van der Waals surface area (Å²) in [5.74, 6) is 2.61. The SMILES string of the molecule is NCc1ccc2[nH]c(Cc3nc4cc(OCCCCc5ccccc5)ccc4[nH]3)nc2c1. The zero-order chi connectivity index (χ0) is 21.8. The number of unbranched alkanes of at least 4 members (excludes halogenated alkanes) is 1. The van der Waals surface area contributed by atoms with Crippen molar-refractivity contribution in [3.63, 3.8) is 0 Å². The molecule has 0 aliphatic carbocycles. The number of nitrogens with zero attached hydrogens (tertiary/aromatic N) is 2. The van der Waals surface area contributed by atoms with E-state index in [2.05, 4.69) is 45.3 Å². The highest BCUT2D eigenvalue weighted by Crippen LogP contribution is 2.21. The number of H-pyrrole nitrogens is 2. The van der Waals surface area contributed by atoms with E-state index < -0.39 is 0 Å². The standard InChI is InChI=1S/C26H27N5O/c27-17-19-9-11-21-23(14-19)30-25(28-21)16-26-29-22-12-10-20(15-24(22)31-26)32-13-5-4-8-18-6-2-1-3-7-18/h1-3,6-7,9-12,14-15H,4-5,8,13,16-17,27H2,(H,28,30)(H,29,31). The molecule has 5 aromatic rings. The minimum atomic E-state index is 0.513. The van der Waals surface area contributed by atoms with E-state index in [1.54, 1.807) is 0 Å². The monoisotopic (exact) mass is 425 g/mol. The Morgan fingerprint density at radius 2 is 1.47 bits per heavy atom. The first-order valence-corrected chi connectivity index (χ1v) is 11.1. The lowest BCUT2D eigenvalue weighted by molar-refractivity contribution is 0.307. The van der Waals surface area contributed by atoms with Gasteiger partial charge in [0, 0.05) is 12.6 Å². The summed E-state index contributed by atoms with van der Waals surface area (Å²) < 4.78 is 5.96. The average Bonchev–Trinajstić information content (AvgIpc) is 3.41. The summed E-state index contributed by atoms with van der Waals surface area (Å²) in [6.45, 7) is 1.22. The molecular formula is C26H27N5O. The third-order valence-corrected chi connectivity index (χ3v) is 5.64. The van der Waals surface area contributed by atoms with Gasteiger partial charge in [0.2, 0.25) is 0 Å². The summed E-state index contributed by atoms with van der Waals surface area (Å²) >= 11 is 0. The zero-order valence-electron chi connectivity index (χ0n) is 18.0. The molecule has 162 valence electrons. The highest BCUT2D eigenvalue weighted by Gasteiger charge is 2.09. The molecule has 6 nitrogen and oxygen atoms in total. The molecule has 0 saturated heterocycles. The van der Waals surface area contributed by atoms with Crippen LogP contribution in [0.5, 0.6) is 5.75 Å². The van der Waals surface area contributed by atoms with Gasteiger partial charge >= 0.3 is 0 Å². The first-order valence-electron chi connectivity index (χ1n) is 11.1. The number of hydrogen-bond acceptors (Lipinski definition) is 4. The third-order valence-electron chi connectivity index (χ3n) is 5.64. The van der Waals surface area contributed by atoms with Crippen LogP contribution >= 0.6 is 0 Å². The molecule has 4 N–H and O–H groups in total. The Morgan fingerprint density at radius 3 is 2.22 bits per heavy atom. The lowest BCUT2D eigenvalue weighted by atomic mass is 10.1. The summed E-state index contributed by atoms with van der Waals surface area (Å²) in [5.41, 5.74) is 12.0. The van der Waals surface area contributed by atoms with Crippen molar-refractivity contribution in [1.29, 1.82) is 0 Å². The second-order valence-corrected chi connectivity index (χ2v) is 8.07. The fourth-order valence-electron chi connectivity index (χ4n) is 3.95. The minimum absolute atomic E-state index is 0.513. The Labute approximate surface area is 186 Å². The summed E-state index contributed by atoms with van der Waals surface area (Å²) in [6, 6.07) is 22.7. The topological polar surface area (TPSA) is 92.6 Å². The number of aromatic nitrogens is 4. The number of fused-ring (bicyclic) bond motifs is 2. The van der Waals surface area contributed by atoms with Crippen molar-refractivity contribution in [2.45, 2.75) is 32.2 Å². The normalized spacial score (nSPS) is 11.4. The molecule has 0 amide bonds. The molecule has 0 atom stereocenters. The maximum atomic E-state index is 5.96. The number of nitrogens with two attached hydrogens (primary N) is 1. The van der Waals surface area contributed by atoms with E-state index in [4.69, 9.17) is 15.5 Å². The van der Waals surface area contributed by atoms with Crippen molar-refractivity contribution >= 4 is 22.1 Å². The number of aryl methyl sites for hydroxylation is 1. The predicted molar refractivity (Wildman–Crippen MR) is 128 cm³/mol. The van der Waals surface area contributed by atoms with Crippen LogP contribution in [0.3, 0.4) is 0 Å². The minimum Gasteiger partial charge on any atom is -0.494 e. The average molecular weight is 426 g/mol. The predicted octanol–water partition coefficient (Wildman–Crippen LogP) is 4.89. The quantitative estimate of drug-likeness (QED) is 0.293. The van der Waals surface area contributed by atoms with Crippen LogP contribution in [0, 0.1) is 0 Å². The van der Waals surface area contributed by atoms with E-state index in [9.17, 15) is 0 Å². The first-order chi connectivity index (χ1) is 15.8. The number of ether oxygens (including phenoxy) is 1. The maximum Gasteiger partial charge on any atom is 0.121 e. The van der Waals surface area contributed by atoms with Crippen molar-refractivity contribution in [2.75, 3.05) is 6.61 Å². The molecule has 32 heavy (non-hydrogen) atoms. The molecule has 0 saturated carbocycles. The Hall–Kier alpha value is -3.64. The Morgan fingerprint density at radius 1 is 0.750 bits per heavy atom. The number of hydrogen-bond donors (Lipinski definition) is 3. The van der Waals surface area contributed by atoms with Gasteiger partial charge in [-0.25, -0.2) is 9.97 Å². The van der Waals surface area contributed by atoms with Crippen LogP contribution in [-0.4, -0.2) is 26.5 Å². The van der Waals surface area contributed by atoms with Gasteiger partial charge in [0.1, 0.15) is 17.4 Å². The fourth-order valence-corrected chi connectivity index (χ4v) is 3.95. The summed E-state index contributed by atoms with van der Waals surface area (Å²) in [6.07, 6.45) is 3.83. The zero-order valence-corrected chi connectivity index (χ0v) is 18.0. The smallest absolute Gasteiger partial charge is 0.121 e. The fraction of sp³-hybridized carbons (Fsp3) is 0.231. The molecular weight excluding hydrogens is 398 g/mol. The second kappa shape index (κ2) is 9.24. The van der Waals surface area contributed by atoms with Gasteiger partial charge in [-0.3, -0.25) is 0 Å². The number of rotatable bonds is 9. The highest BCUT2D eigenvalue weighted by molar-refractivity contribution is 5.77. The highest BCUT2D eigenvalue weighted by atomic mass is 16.5. The second-order valence-electron chi connectivity index (χ2n) is 8.07. The van der Waals surface area contributed by atoms with Gasteiger partial charge in [0.25, 0.3) is 0 Å². The number of aromatic amines is 2. The van der Waals surface area contributed by atoms with Crippen molar-refractivity contribution < 1.29 is 4.74 Å². The van der Waals surface area contributed by atoms with Crippen molar-refractivity contribution in [2.24, 2.45) is 5.73 Å². The van der Waals surface area contributed by atoms with E-state index in [1.165, 1.54) is 5.56 Å². The lowest BCUT2D eigenvalue weighted by Gasteiger charge is -2.06. The molecule has 0 radical (unpaired) electrons. The van der Waals surface area contributed by atoms with Crippen molar-refractivity contribution in [3.05, 3.63) is 89.5 Å². The van der Waals surface area contributed by atoms with Crippen LogP contribution in [0.2, 0.25) is 0 Å². The molecule has 0 spiro atoms. The molecule has 0 aliphatic heterocycles. The van der Waals surface area contributed by atoms with Crippen molar-refractivity contribution in [1.82, 2.24) is 19.9 Å². The molecule has 2 aromatic heterocycles. The number of nitrogens with one attached hydrogen (secondary N) is 2. The van der Waals surface area contributed by atoms with Gasteiger partial charge < -0.3 is 20.4 Å². The third kappa shape index (κ3) is 4.65. The first kappa shape index (κ1) is 20.3. The van der Waals surface area contributed by atoms with Crippen LogP contribution < -0.4 is 10.5 Å². The van der Waals surface area contributed by atoms with Crippen LogP contribution in [0.15, 0.2) is 66.7 Å².